The van der Waals surface area contributed by atoms with Crippen LogP contribution in [-0.4, -0.2) is 43.6 Å². The Morgan fingerprint density at radius 3 is 2.91 bits per heavy atom. The van der Waals surface area contributed by atoms with Crippen LogP contribution in [0.25, 0.3) is 0 Å². The average Bonchev–Trinajstić information content (AvgIpc) is 2.62. The molecule has 2 aliphatic heterocycles. The van der Waals surface area contributed by atoms with Gasteiger partial charge in [-0.2, -0.15) is 4.31 Å². The first-order valence-electron chi connectivity index (χ1n) is 7.84. The molecule has 5 nitrogen and oxygen atoms in total. The number of halogens is 2. The minimum Gasteiger partial charge on any atom is -0.398 e. The van der Waals surface area contributed by atoms with Gasteiger partial charge in [-0.3, -0.25) is 0 Å². The van der Waals surface area contributed by atoms with Gasteiger partial charge in [-0.15, -0.1) is 0 Å². The minimum absolute atomic E-state index is 0.124. The van der Waals surface area contributed by atoms with E-state index in [1.807, 2.05) is 0 Å². The number of hydrogen-bond acceptors (Lipinski definition) is 4. The number of nitrogen functional groups attached to an aromatic ring is 1. The molecule has 128 valence electrons. The van der Waals surface area contributed by atoms with Gasteiger partial charge in [0.25, 0.3) is 0 Å². The second-order valence-corrected chi connectivity index (χ2v) is 8.30. The predicted octanol–water partition coefficient (Wildman–Crippen LogP) is 1.25. The molecule has 0 saturated carbocycles. The molecule has 2 aliphatic rings. The molecule has 3 N–H and O–H groups in total. The summed E-state index contributed by atoms with van der Waals surface area (Å²) in [6.45, 7) is 0.981. The van der Waals surface area contributed by atoms with Crippen LogP contribution < -0.4 is 11.1 Å². The SMILES string of the molecule is Nc1ccc(F)c(F)c1CCC1CNC2CCCS(=O)(=O)N1C2. The van der Waals surface area contributed by atoms with E-state index >= 15 is 0 Å². The number of hydrogen-bond donors (Lipinski definition) is 2. The Labute approximate surface area is 134 Å². The maximum atomic E-state index is 13.9. The molecule has 3 rings (SSSR count). The Kier molecular flexibility index (Phi) is 4.57. The Hall–Kier alpha value is -1.25. The first kappa shape index (κ1) is 16.6. The summed E-state index contributed by atoms with van der Waals surface area (Å²) in [7, 11) is -3.28. The molecular weight excluding hydrogens is 324 g/mol. The van der Waals surface area contributed by atoms with Crippen molar-refractivity contribution in [1.29, 1.82) is 0 Å². The van der Waals surface area contributed by atoms with E-state index in [-0.39, 0.29) is 35.5 Å². The van der Waals surface area contributed by atoms with E-state index in [4.69, 9.17) is 5.73 Å². The minimum atomic E-state index is -3.28. The van der Waals surface area contributed by atoms with E-state index in [9.17, 15) is 17.2 Å². The normalized spacial score (nSPS) is 29.9. The molecule has 3 unspecified atom stereocenters. The topological polar surface area (TPSA) is 75.4 Å². The van der Waals surface area contributed by atoms with E-state index in [0.717, 1.165) is 12.5 Å². The number of fused-ring (bicyclic) bond motifs is 2. The summed E-state index contributed by atoms with van der Waals surface area (Å²) < 4.78 is 53.5. The highest BCUT2D eigenvalue weighted by Gasteiger charge is 2.37. The molecule has 8 heteroatoms. The largest absolute Gasteiger partial charge is 0.398 e. The molecule has 1 aromatic carbocycles. The van der Waals surface area contributed by atoms with E-state index in [0.29, 0.717) is 25.9 Å². The standard InChI is InChI=1S/C15H21F2N3O2S/c16-13-5-6-14(18)12(15(13)17)4-3-11-8-19-10-2-1-7-23(21,22)20(11)9-10/h5-6,10-11,19H,1-4,7-9,18H2. The van der Waals surface area contributed by atoms with Gasteiger partial charge < -0.3 is 11.1 Å². The highest BCUT2D eigenvalue weighted by Crippen LogP contribution is 2.26. The number of benzene rings is 1. The van der Waals surface area contributed by atoms with Gasteiger partial charge in [0.2, 0.25) is 10.0 Å². The highest BCUT2D eigenvalue weighted by molar-refractivity contribution is 7.89. The Balaban J connectivity index is 1.77. The summed E-state index contributed by atoms with van der Waals surface area (Å²) in [5.74, 6) is -1.72. The zero-order valence-electron chi connectivity index (χ0n) is 12.8. The molecule has 2 fully saturated rings. The zero-order chi connectivity index (χ0) is 16.6. The first-order chi connectivity index (χ1) is 10.9. The summed E-state index contributed by atoms with van der Waals surface area (Å²) in [5, 5.41) is 3.35. The fourth-order valence-electron chi connectivity index (χ4n) is 3.42. The van der Waals surface area contributed by atoms with Gasteiger partial charge in [-0.1, -0.05) is 0 Å². The molecule has 0 aliphatic carbocycles. The maximum Gasteiger partial charge on any atom is 0.214 e. The van der Waals surface area contributed by atoms with Crippen LogP contribution in [0, 0.1) is 11.6 Å². The molecule has 0 amide bonds. The Morgan fingerprint density at radius 1 is 1.35 bits per heavy atom. The van der Waals surface area contributed by atoms with Crippen molar-refractivity contribution in [1.82, 2.24) is 9.62 Å². The van der Waals surface area contributed by atoms with Crippen LogP contribution in [0.1, 0.15) is 24.8 Å². The van der Waals surface area contributed by atoms with Crippen LogP contribution in [0.2, 0.25) is 0 Å². The third-order valence-corrected chi connectivity index (χ3v) is 6.69. The van der Waals surface area contributed by atoms with Crippen LogP contribution in [0.15, 0.2) is 12.1 Å². The Morgan fingerprint density at radius 2 is 2.13 bits per heavy atom. The van der Waals surface area contributed by atoms with E-state index in [2.05, 4.69) is 5.32 Å². The fourth-order valence-corrected chi connectivity index (χ4v) is 5.22. The number of nitrogens with one attached hydrogen (secondary N) is 1. The summed E-state index contributed by atoms with van der Waals surface area (Å²) in [4.78, 5) is 0. The number of rotatable bonds is 3. The van der Waals surface area contributed by atoms with Crippen LogP contribution in [0.4, 0.5) is 14.5 Å². The lowest BCUT2D eigenvalue weighted by molar-refractivity contribution is 0.216. The van der Waals surface area contributed by atoms with Gasteiger partial charge in [0.1, 0.15) is 0 Å². The van der Waals surface area contributed by atoms with Crippen molar-refractivity contribution in [3.63, 3.8) is 0 Å². The molecule has 0 aromatic heterocycles. The van der Waals surface area contributed by atoms with Gasteiger partial charge in [-0.25, -0.2) is 17.2 Å². The van der Waals surface area contributed by atoms with Crippen LogP contribution in [-0.2, 0) is 16.4 Å². The fraction of sp³-hybridized carbons (Fsp3) is 0.600. The molecule has 23 heavy (non-hydrogen) atoms. The third-order valence-electron chi connectivity index (χ3n) is 4.72. The van der Waals surface area contributed by atoms with Crippen molar-refractivity contribution in [2.75, 3.05) is 24.6 Å². The smallest absolute Gasteiger partial charge is 0.214 e. The molecule has 2 bridgehead atoms. The lowest BCUT2D eigenvalue weighted by Crippen LogP contribution is -2.57. The summed E-state index contributed by atoms with van der Waals surface area (Å²) in [5.41, 5.74) is 6.05. The van der Waals surface area contributed by atoms with Gasteiger partial charge in [-0.05, 0) is 37.8 Å². The Bertz CT molecular complexity index is 696. The second kappa shape index (κ2) is 6.33. The average molecular weight is 345 g/mol. The van der Waals surface area contributed by atoms with E-state index in [1.165, 1.54) is 10.4 Å². The number of sulfonamides is 1. The highest BCUT2D eigenvalue weighted by atomic mass is 32.2. The van der Waals surface area contributed by atoms with Crippen LogP contribution in [0.3, 0.4) is 0 Å². The van der Waals surface area contributed by atoms with Crippen molar-refractivity contribution in [3.05, 3.63) is 29.3 Å². The number of nitrogens with two attached hydrogens (primary N) is 1. The molecule has 0 spiro atoms. The molecule has 1 aromatic rings. The summed E-state index contributed by atoms with van der Waals surface area (Å²) in [6.07, 6.45) is 2.10. The molecule has 3 atom stereocenters. The van der Waals surface area contributed by atoms with Gasteiger partial charge in [0.05, 0.1) is 5.75 Å². The summed E-state index contributed by atoms with van der Waals surface area (Å²) >= 11 is 0. The van der Waals surface area contributed by atoms with E-state index < -0.39 is 21.7 Å². The molecule has 2 heterocycles. The van der Waals surface area contributed by atoms with E-state index in [1.54, 1.807) is 0 Å². The first-order valence-corrected chi connectivity index (χ1v) is 9.44. The number of piperazine rings is 1. The lowest BCUT2D eigenvalue weighted by Gasteiger charge is -2.37. The van der Waals surface area contributed by atoms with Crippen LogP contribution >= 0.6 is 0 Å². The van der Waals surface area contributed by atoms with Gasteiger partial charge >= 0.3 is 0 Å². The predicted molar refractivity (Wildman–Crippen MR) is 84.4 cm³/mol. The van der Waals surface area contributed by atoms with Crippen molar-refractivity contribution in [2.45, 2.75) is 37.8 Å². The van der Waals surface area contributed by atoms with Crippen LogP contribution in [0.5, 0.6) is 0 Å². The molecule has 2 saturated heterocycles. The van der Waals surface area contributed by atoms with Crippen molar-refractivity contribution < 1.29 is 17.2 Å². The second-order valence-electron chi connectivity index (χ2n) is 6.25. The third kappa shape index (κ3) is 3.34. The molecular formula is C15H21F2N3O2S. The van der Waals surface area contributed by atoms with Gasteiger partial charge in [0, 0.05) is 36.4 Å². The number of nitrogens with zero attached hydrogens (tertiary/aromatic N) is 1. The van der Waals surface area contributed by atoms with Crippen molar-refractivity contribution in [3.8, 4) is 0 Å². The quantitative estimate of drug-likeness (QED) is 0.809. The van der Waals surface area contributed by atoms with Crippen molar-refractivity contribution in [2.24, 2.45) is 0 Å². The summed E-state index contributed by atoms with van der Waals surface area (Å²) in [6, 6.07) is 2.27. The zero-order valence-corrected chi connectivity index (χ0v) is 13.6. The maximum absolute atomic E-state index is 13.9. The molecule has 0 radical (unpaired) electrons. The van der Waals surface area contributed by atoms with Crippen molar-refractivity contribution >= 4 is 15.7 Å². The monoisotopic (exact) mass is 345 g/mol. The van der Waals surface area contributed by atoms with Gasteiger partial charge in [0.15, 0.2) is 11.6 Å². The lowest BCUT2D eigenvalue weighted by atomic mass is 10.00. The number of anilines is 1.